The molecule has 0 unspecified atom stereocenters. The van der Waals surface area contributed by atoms with Crippen molar-refractivity contribution in [3.8, 4) is 11.5 Å². The molecule has 1 saturated carbocycles. The van der Waals surface area contributed by atoms with Gasteiger partial charge in [0.05, 0.1) is 17.5 Å². The maximum Gasteiger partial charge on any atom is 0.238 e. The fraction of sp³-hybridized carbons (Fsp3) is 0.227. The smallest absolute Gasteiger partial charge is 0.238 e. The number of allylic oxidation sites excluding steroid dienone is 2. The van der Waals surface area contributed by atoms with Gasteiger partial charge >= 0.3 is 0 Å². The van der Waals surface area contributed by atoms with Crippen molar-refractivity contribution in [2.75, 3.05) is 4.90 Å². The van der Waals surface area contributed by atoms with E-state index in [0.29, 0.717) is 11.6 Å². The van der Waals surface area contributed by atoms with Gasteiger partial charge in [-0.3, -0.25) is 14.5 Å². The molecule has 2 heterocycles. The van der Waals surface area contributed by atoms with Gasteiger partial charge in [0.25, 0.3) is 0 Å². The van der Waals surface area contributed by atoms with Gasteiger partial charge in [-0.25, -0.2) is 4.98 Å². The Balaban J connectivity index is 1.33. The molecule has 3 aliphatic rings. The predicted molar refractivity (Wildman–Crippen MR) is 99.7 cm³/mol. The summed E-state index contributed by atoms with van der Waals surface area (Å²) in [5.74, 6) is 0.503. The van der Waals surface area contributed by atoms with Gasteiger partial charge in [0.15, 0.2) is 5.58 Å². The molecular formula is C22H16N2O3. The number of aromatic nitrogens is 1. The summed E-state index contributed by atoms with van der Waals surface area (Å²) in [6, 6.07) is 14.9. The van der Waals surface area contributed by atoms with Crippen LogP contribution < -0.4 is 4.90 Å². The second-order valence-corrected chi connectivity index (χ2v) is 7.55. The van der Waals surface area contributed by atoms with E-state index in [9.17, 15) is 9.59 Å². The first-order chi connectivity index (χ1) is 13.2. The molecule has 0 spiro atoms. The van der Waals surface area contributed by atoms with E-state index in [0.717, 1.165) is 23.1 Å². The second kappa shape index (κ2) is 5.16. The molecule has 1 aliphatic heterocycles. The van der Waals surface area contributed by atoms with E-state index in [-0.39, 0.29) is 35.5 Å². The summed E-state index contributed by atoms with van der Waals surface area (Å²) in [5.41, 5.74) is 2.98. The standard InChI is InChI=1S/C22H16N2O3/c25-21-18-13-5-6-14(11-13)19(18)22(26)24(21)15-9-7-12(8-10-15)20-23-16-3-1-2-4-17(16)27-20/h1-10,13-14,18-19H,11H2/t13-,14+,18-,19-/m0/s1. The number of carbonyl (C=O) groups is 2. The van der Waals surface area contributed by atoms with Crippen molar-refractivity contribution >= 4 is 28.6 Å². The van der Waals surface area contributed by atoms with Crippen molar-refractivity contribution in [1.29, 1.82) is 0 Å². The molecule has 1 aromatic heterocycles. The first-order valence-electron chi connectivity index (χ1n) is 9.23. The maximum absolute atomic E-state index is 12.9. The fourth-order valence-corrected chi connectivity index (χ4v) is 4.91. The van der Waals surface area contributed by atoms with E-state index < -0.39 is 0 Å². The van der Waals surface area contributed by atoms with Gasteiger partial charge in [0.2, 0.25) is 17.7 Å². The number of oxazole rings is 1. The minimum Gasteiger partial charge on any atom is -0.436 e. The zero-order chi connectivity index (χ0) is 18.1. The van der Waals surface area contributed by atoms with Gasteiger partial charge < -0.3 is 4.42 Å². The number of imide groups is 1. The highest BCUT2D eigenvalue weighted by Crippen LogP contribution is 2.53. The lowest BCUT2D eigenvalue weighted by atomic mass is 9.85. The Morgan fingerprint density at radius 1 is 0.889 bits per heavy atom. The van der Waals surface area contributed by atoms with Gasteiger partial charge in [0.1, 0.15) is 5.52 Å². The molecule has 3 aromatic rings. The van der Waals surface area contributed by atoms with Gasteiger partial charge in [-0.05, 0) is 54.7 Å². The van der Waals surface area contributed by atoms with E-state index >= 15 is 0 Å². The Kier molecular flexibility index (Phi) is 2.85. The average molecular weight is 356 g/mol. The molecule has 2 amide bonds. The quantitative estimate of drug-likeness (QED) is 0.517. The van der Waals surface area contributed by atoms with E-state index in [4.69, 9.17) is 4.42 Å². The fourth-order valence-electron chi connectivity index (χ4n) is 4.91. The van der Waals surface area contributed by atoms with Gasteiger partial charge in [-0.1, -0.05) is 24.3 Å². The normalized spacial score (nSPS) is 28.5. The topological polar surface area (TPSA) is 63.4 Å². The molecule has 2 bridgehead atoms. The van der Waals surface area contributed by atoms with Crippen LogP contribution in [0.3, 0.4) is 0 Å². The third-order valence-corrected chi connectivity index (χ3v) is 6.14. The monoisotopic (exact) mass is 356 g/mol. The van der Waals surface area contributed by atoms with Crippen LogP contribution in [-0.4, -0.2) is 16.8 Å². The summed E-state index contributed by atoms with van der Waals surface area (Å²) in [6.45, 7) is 0. The second-order valence-electron chi connectivity index (χ2n) is 7.55. The van der Waals surface area contributed by atoms with Crippen LogP contribution in [0.4, 0.5) is 5.69 Å². The Labute approximate surface area is 155 Å². The molecular weight excluding hydrogens is 340 g/mol. The Hall–Kier alpha value is -3.21. The Morgan fingerprint density at radius 3 is 2.22 bits per heavy atom. The highest BCUT2D eigenvalue weighted by Gasteiger charge is 2.59. The van der Waals surface area contributed by atoms with Crippen molar-refractivity contribution < 1.29 is 14.0 Å². The summed E-state index contributed by atoms with van der Waals surface area (Å²) in [4.78, 5) is 31.7. The largest absolute Gasteiger partial charge is 0.436 e. The Morgan fingerprint density at radius 2 is 1.56 bits per heavy atom. The Bertz CT molecular complexity index is 1060. The van der Waals surface area contributed by atoms with Crippen LogP contribution in [0, 0.1) is 23.7 Å². The molecule has 4 atom stereocenters. The lowest BCUT2D eigenvalue weighted by molar-refractivity contribution is -0.123. The molecule has 1 saturated heterocycles. The third-order valence-electron chi connectivity index (χ3n) is 6.14. The SMILES string of the molecule is O=C1[C@@H]2[C@@H](C(=O)N1c1ccc(-c3nc4ccccc4o3)cc1)[C@H]1C=C[C@@H]2C1. The van der Waals surface area contributed by atoms with Crippen LogP contribution in [-0.2, 0) is 9.59 Å². The van der Waals surface area contributed by atoms with Crippen molar-refractivity contribution in [2.45, 2.75) is 6.42 Å². The number of nitrogens with zero attached hydrogens (tertiary/aromatic N) is 2. The number of carbonyl (C=O) groups excluding carboxylic acids is 2. The molecule has 2 fully saturated rings. The molecule has 27 heavy (non-hydrogen) atoms. The van der Waals surface area contributed by atoms with Crippen LogP contribution in [0.2, 0.25) is 0 Å². The molecule has 5 nitrogen and oxygen atoms in total. The highest BCUT2D eigenvalue weighted by atomic mass is 16.3. The van der Waals surface area contributed by atoms with Gasteiger partial charge in [0, 0.05) is 5.56 Å². The number of fused-ring (bicyclic) bond motifs is 6. The zero-order valence-corrected chi connectivity index (χ0v) is 14.4. The molecule has 5 heteroatoms. The molecule has 6 rings (SSSR count). The number of benzene rings is 2. The highest BCUT2D eigenvalue weighted by molar-refractivity contribution is 6.22. The number of hydrogen-bond acceptors (Lipinski definition) is 4. The first kappa shape index (κ1) is 14.9. The maximum atomic E-state index is 12.9. The van der Waals surface area contributed by atoms with Crippen molar-refractivity contribution in [3.05, 3.63) is 60.7 Å². The van der Waals surface area contributed by atoms with Gasteiger partial charge in [-0.15, -0.1) is 0 Å². The molecule has 2 aliphatic carbocycles. The summed E-state index contributed by atoms with van der Waals surface area (Å²) < 4.78 is 5.79. The van der Waals surface area contributed by atoms with E-state index in [1.807, 2.05) is 36.4 Å². The summed E-state index contributed by atoms with van der Waals surface area (Å²) in [6.07, 6.45) is 5.16. The average Bonchev–Trinajstić information content (AvgIpc) is 3.45. The van der Waals surface area contributed by atoms with E-state index in [2.05, 4.69) is 17.1 Å². The summed E-state index contributed by atoms with van der Waals surface area (Å²) in [7, 11) is 0. The molecule has 132 valence electrons. The van der Waals surface area contributed by atoms with Gasteiger partial charge in [-0.2, -0.15) is 0 Å². The first-order valence-corrected chi connectivity index (χ1v) is 9.23. The van der Waals surface area contributed by atoms with Crippen LogP contribution in [0.25, 0.3) is 22.6 Å². The van der Waals surface area contributed by atoms with E-state index in [1.165, 1.54) is 4.90 Å². The van der Waals surface area contributed by atoms with Crippen LogP contribution in [0.1, 0.15) is 6.42 Å². The van der Waals surface area contributed by atoms with Crippen LogP contribution in [0.15, 0.2) is 65.1 Å². The molecule has 2 aromatic carbocycles. The summed E-state index contributed by atoms with van der Waals surface area (Å²) >= 11 is 0. The van der Waals surface area contributed by atoms with E-state index in [1.54, 1.807) is 12.1 Å². The minimum atomic E-state index is -0.177. The number of anilines is 1. The predicted octanol–water partition coefficient (Wildman–Crippen LogP) is 3.81. The zero-order valence-electron chi connectivity index (χ0n) is 14.4. The number of hydrogen-bond donors (Lipinski definition) is 0. The van der Waals surface area contributed by atoms with Crippen LogP contribution in [0.5, 0.6) is 0 Å². The van der Waals surface area contributed by atoms with Crippen molar-refractivity contribution in [3.63, 3.8) is 0 Å². The number of rotatable bonds is 2. The molecule has 0 N–H and O–H groups in total. The summed E-state index contributed by atoms with van der Waals surface area (Å²) in [5, 5.41) is 0. The minimum absolute atomic E-state index is 0.0588. The molecule has 0 radical (unpaired) electrons. The number of amides is 2. The lowest BCUT2D eigenvalue weighted by Gasteiger charge is -2.17. The number of para-hydroxylation sites is 2. The van der Waals surface area contributed by atoms with Crippen molar-refractivity contribution in [1.82, 2.24) is 4.98 Å². The third kappa shape index (κ3) is 1.97. The van der Waals surface area contributed by atoms with Crippen LogP contribution >= 0.6 is 0 Å². The lowest BCUT2D eigenvalue weighted by Crippen LogP contribution is -2.32. The van der Waals surface area contributed by atoms with Crippen molar-refractivity contribution in [2.24, 2.45) is 23.7 Å².